The average Bonchev–Trinajstić information content (AvgIpc) is 3.04. The molecule has 43 heavy (non-hydrogen) atoms. The Labute approximate surface area is 258 Å². The van der Waals surface area contributed by atoms with Crippen LogP contribution in [0.3, 0.4) is 0 Å². The van der Waals surface area contributed by atoms with Crippen LogP contribution in [-0.4, -0.2) is 33.1 Å². The molecule has 3 nitrogen and oxygen atoms in total. The smallest absolute Gasteiger partial charge is 0.241 e. The lowest BCUT2D eigenvalue weighted by Gasteiger charge is -2.18. The predicted octanol–water partition coefficient (Wildman–Crippen LogP) is 9.84. The Kier molecular flexibility index (Phi) is 8.45. The second-order valence-corrected chi connectivity index (χ2v) is 10.6. The molecule has 0 aliphatic rings. The zero-order valence-electron chi connectivity index (χ0n) is 23.0. The number of alkyl halides is 1. The van der Waals surface area contributed by atoms with E-state index in [1.54, 1.807) is 24.3 Å². The average molecular weight is 610 g/mol. The summed E-state index contributed by atoms with van der Waals surface area (Å²) < 4.78 is 31.9. The number of hydrazine groups is 1. The molecule has 0 heterocycles. The van der Waals surface area contributed by atoms with Gasteiger partial charge in [-0.25, -0.2) is 13.8 Å². The molecule has 0 bridgehead atoms. The van der Waals surface area contributed by atoms with Gasteiger partial charge < -0.3 is 0 Å². The first kappa shape index (κ1) is 28.5. The third kappa shape index (κ3) is 6.00. The van der Waals surface area contributed by atoms with Crippen LogP contribution in [0.5, 0.6) is 0 Å². The number of halogens is 4. The van der Waals surface area contributed by atoms with Crippen molar-refractivity contribution < 1.29 is 13.5 Å². The molecule has 0 aliphatic heterocycles. The van der Waals surface area contributed by atoms with Crippen LogP contribution in [0.1, 0.15) is 11.1 Å². The van der Waals surface area contributed by atoms with Gasteiger partial charge in [0.25, 0.3) is 5.71 Å². The highest BCUT2D eigenvalue weighted by molar-refractivity contribution is 6.52. The molecule has 0 aliphatic carbocycles. The van der Waals surface area contributed by atoms with Gasteiger partial charge in [0, 0.05) is 22.9 Å². The minimum Gasteiger partial charge on any atom is -0.241 e. The van der Waals surface area contributed by atoms with Gasteiger partial charge in [0.2, 0.25) is 5.69 Å². The summed E-state index contributed by atoms with van der Waals surface area (Å²) >= 11 is 13.3. The third-order valence-corrected chi connectivity index (χ3v) is 7.64. The number of hydrogen-bond donors (Lipinski definition) is 0. The lowest BCUT2D eigenvalue weighted by Crippen LogP contribution is -2.36. The maximum absolute atomic E-state index is 14.3. The molecule has 7 heteroatoms. The maximum Gasteiger partial charge on any atom is 0.270 e. The van der Waals surface area contributed by atoms with Crippen molar-refractivity contribution in [3.05, 3.63) is 156 Å². The van der Waals surface area contributed by atoms with Crippen LogP contribution in [0, 0.1) is 11.6 Å². The molecule has 0 amide bonds. The quantitative estimate of drug-likeness (QED) is 0.0553. The molecule has 0 fully saturated rings. The molecule has 6 rings (SSSR count). The Bertz CT molecular complexity index is 1960. The lowest BCUT2D eigenvalue weighted by molar-refractivity contribution is -0.584. The fraction of sp³-hybridized carbons (Fsp3) is 0.0556. The molecule has 0 saturated heterocycles. The zero-order valence-corrected chi connectivity index (χ0v) is 24.5. The fourth-order valence-corrected chi connectivity index (χ4v) is 5.65. The minimum atomic E-state index is -0.377. The molecule has 6 aromatic rings. The summed E-state index contributed by atoms with van der Waals surface area (Å²) in [5.41, 5.74) is 3.86. The van der Waals surface area contributed by atoms with Gasteiger partial charge in [-0.2, -0.15) is 0 Å². The van der Waals surface area contributed by atoms with Crippen molar-refractivity contribution in [2.75, 3.05) is 12.4 Å². The summed E-state index contributed by atoms with van der Waals surface area (Å²) in [6.45, 7) is 0.280. The first-order valence-corrected chi connectivity index (χ1v) is 14.6. The summed E-state index contributed by atoms with van der Waals surface area (Å²) in [5.74, 6) is -0.505. The van der Waals surface area contributed by atoms with Gasteiger partial charge in [-0.15, -0.1) is 11.6 Å². The largest absolute Gasteiger partial charge is 0.270 e. The molecule has 0 saturated carbocycles. The normalized spacial score (nSPS) is 12.4. The van der Waals surface area contributed by atoms with Gasteiger partial charge in [0.15, 0.2) is 0 Å². The summed E-state index contributed by atoms with van der Waals surface area (Å²) in [6, 6.07) is 40.2. The van der Waals surface area contributed by atoms with Gasteiger partial charge in [-0.1, -0.05) is 75.9 Å². The lowest BCUT2D eigenvalue weighted by atomic mass is 9.98. The number of hydrogen-bond acceptors (Lipinski definition) is 2. The van der Waals surface area contributed by atoms with E-state index >= 15 is 0 Å². The van der Waals surface area contributed by atoms with Crippen molar-refractivity contribution >= 4 is 67.7 Å². The number of hydrazone groups is 1. The molecule has 0 spiro atoms. The molecule has 0 aromatic heterocycles. The highest BCUT2D eigenvalue weighted by Crippen LogP contribution is 2.31. The molecule has 0 N–H and O–H groups in total. The van der Waals surface area contributed by atoms with E-state index in [1.807, 2.05) is 89.6 Å². The van der Waals surface area contributed by atoms with Crippen LogP contribution in [0.15, 0.2) is 138 Å². The van der Waals surface area contributed by atoms with Crippen molar-refractivity contribution in [2.45, 2.75) is 0 Å². The first-order chi connectivity index (χ1) is 21.0. The number of rotatable bonds is 8. The minimum absolute atomic E-state index is 0.244. The first-order valence-electron chi connectivity index (χ1n) is 13.8. The standard InChI is InChI=1S/C36H26Cl2F2N3/c37-23-24-42(38)43(34-14-6-10-26-8-2-4-12-32(26)34)36(28-17-21-30(40)22-18-28)35(27-15-19-29(39)20-16-27)41-33-13-5-9-25-7-1-3-11-31(25)33/h1-22H,23-24H2/q+1/b41-35?,43-36-. The van der Waals surface area contributed by atoms with E-state index in [0.717, 1.165) is 27.2 Å². The Morgan fingerprint density at radius 1 is 0.628 bits per heavy atom. The van der Waals surface area contributed by atoms with Crippen LogP contribution < -0.4 is 0 Å². The van der Waals surface area contributed by atoms with E-state index in [0.29, 0.717) is 28.2 Å². The van der Waals surface area contributed by atoms with Crippen LogP contribution in [0.25, 0.3) is 21.5 Å². The predicted molar refractivity (Wildman–Crippen MR) is 174 cm³/mol. The summed E-state index contributed by atoms with van der Waals surface area (Å²) in [7, 11) is 0. The molecular formula is C36H26Cl2F2N3+. The Hall–Kier alpha value is -4.58. The molecular weight excluding hydrogens is 583 g/mol. The Balaban J connectivity index is 1.78. The Morgan fingerprint density at radius 3 is 1.81 bits per heavy atom. The molecule has 0 atom stereocenters. The fourth-order valence-electron chi connectivity index (χ4n) is 5.16. The van der Waals surface area contributed by atoms with Gasteiger partial charge in [0.05, 0.1) is 28.4 Å². The third-order valence-electron chi connectivity index (χ3n) is 7.15. The second-order valence-electron chi connectivity index (χ2n) is 9.88. The van der Waals surface area contributed by atoms with E-state index in [9.17, 15) is 8.78 Å². The van der Waals surface area contributed by atoms with Crippen molar-refractivity contribution in [2.24, 2.45) is 4.99 Å². The number of nitrogens with zero attached hydrogens (tertiary/aromatic N) is 3. The van der Waals surface area contributed by atoms with E-state index in [4.69, 9.17) is 28.4 Å². The molecule has 0 radical (unpaired) electrons. The van der Waals surface area contributed by atoms with Crippen LogP contribution >= 0.6 is 23.4 Å². The van der Waals surface area contributed by atoms with Gasteiger partial charge in [0.1, 0.15) is 23.9 Å². The second kappa shape index (κ2) is 12.7. The zero-order chi connectivity index (χ0) is 29.8. The highest BCUT2D eigenvalue weighted by atomic mass is 35.5. The van der Waals surface area contributed by atoms with E-state index in [1.165, 1.54) is 28.8 Å². The van der Waals surface area contributed by atoms with Gasteiger partial charge in [-0.05, 0) is 71.4 Å². The van der Waals surface area contributed by atoms with Crippen molar-refractivity contribution in [3.63, 3.8) is 0 Å². The highest BCUT2D eigenvalue weighted by Gasteiger charge is 2.33. The molecule has 0 unspecified atom stereocenters. The van der Waals surface area contributed by atoms with Gasteiger partial charge in [-0.3, -0.25) is 0 Å². The molecule has 212 valence electrons. The van der Waals surface area contributed by atoms with E-state index in [2.05, 4.69) is 0 Å². The van der Waals surface area contributed by atoms with Crippen LogP contribution in [0.2, 0.25) is 0 Å². The summed E-state index contributed by atoms with van der Waals surface area (Å²) in [6.07, 6.45) is 0. The van der Waals surface area contributed by atoms with E-state index in [-0.39, 0.29) is 24.1 Å². The van der Waals surface area contributed by atoms with Crippen LogP contribution in [-0.2, 0) is 0 Å². The maximum atomic E-state index is 14.3. The number of benzene rings is 6. The van der Waals surface area contributed by atoms with E-state index < -0.39 is 0 Å². The number of fused-ring (bicyclic) bond motifs is 2. The topological polar surface area (TPSA) is 18.6 Å². The summed E-state index contributed by atoms with van der Waals surface area (Å²) in [4.78, 5) is 5.26. The number of aliphatic imine (C=N–C) groups is 1. The monoisotopic (exact) mass is 608 g/mol. The van der Waals surface area contributed by atoms with Crippen molar-refractivity contribution in [1.82, 2.24) is 4.53 Å². The van der Waals surface area contributed by atoms with Crippen molar-refractivity contribution in [3.8, 4) is 0 Å². The van der Waals surface area contributed by atoms with Crippen molar-refractivity contribution in [1.29, 1.82) is 0 Å². The molecule has 6 aromatic carbocycles. The Morgan fingerprint density at radius 2 is 1.16 bits per heavy atom. The van der Waals surface area contributed by atoms with Gasteiger partial charge >= 0.3 is 0 Å². The van der Waals surface area contributed by atoms with Crippen LogP contribution in [0.4, 0.5) is 20.2 Å². The SMILES string of the molecule is Fc1ccc(C(=Nc2cccc3ccccc23)/C(c2ccc(F)cc2)=[N+](/c2cccc3ccccc23)N(Cl)CCCl)cc1. The summed E-state index contributed by atoms with van der Waals surface area (Å²) in [5, 5.41) is 3.92.